The van der Waals surface area contributed by atoms with Crippen LogP contribution in [0.2, 0.25) is 0 Å². The number of rotatable bonds is 7. The molecule has 0 unspecified atom stereocenters. The van der Waals surface area contributed by atoms with Gasteiger partial charge in [0.2, 0.25) is 15.9 Å². The number of piperidine rings is 1. The van der Waals surface area contributed by atoms with Crippen LogP contribution >= 0.6 is 0 Å². The second-order valence-corrected chi connectivity index (χ2v) is 9.17. The van der Waals surface area contributed by atoms with Gasteiger partial charge < -0.3 is 10.1 Å². The van der Waals surface area contributed by atoms with E-state index in [1.807, 2.05) is 37.3 Å². The van der Waals surface area contributed by atoms with Crippen molar-refractivity contribution in [2.75, 3.05) is 20.2 Å². The molecule has 1 aliphatic rings. The Morgan fingerprint density at radius 2 is 1.72 bits per heavy atom. The number of ether oxygens (including phenoxy) is 1. The number of sulfonamides is 1. The minimum absolute atomic E-state index is 0.00204. The van der Waals surface area contributed by atoms with Crippen LogP contribution in [0.5, 0.6) is 5.75 Å². The normalized spacial score (nSPS) is 16.9. The Balaban J connectivity index is 1.59. The molecule has 0 saturated carbocycles. The van der Waals surface area contributed by atoms with Crippen molar-refractivity contribution in [1.29, 1.82) is 0 Å². The maximum absolute atomic E-state index is 12.9. The zero-order chi connectivity index (χ0) is 20.9. The zero-order valence-electron chi connectivity index (χ0n) is 16.9. The quantitative estimate of drug-likeness (QED) is 0.751. The van der Waals surface area contributed by atoms with Gasteiger partial charge in [-0.05, 0) is 49.1 Å². The number of hydrogen-bond donors (Lipinski definition) is 1. The Morgan fingerprint density at radius 3 is 2.28 bits per heavy atom. The van der Waals surface area contributed by atoms with E-state index >= 15 is 0 Å². The van der Waals surface area contributed by atoms with Crippen LogP contribution in [0.25, 0.3) is 0 Å². The van der Waals surface area contributed by atoms with Crippen molar-refractivity contribution in [3.05, 3.63) is 60.2 Å². The van der Waals surface area contributed by atoms with Crippen molar-refractivity contribution in [3.8, 4) is 5.75 Å². The summed E-state index contributed by atoms with van der Waals surface area (Å²) >= 11 is 0. The molecule has 1 fully saturated rings. The highest BCUT2D eigenvalue weighted by atomic mass is 32.2. The number of amides is 1. The Bertz CT molecular complexity index is 906. The molecule has 3 rings (SSSR count). The molecule has 1 heterocycles. The molecule has 1 amide bonds. The van der Waals surface area contributed by atoms with Crippen LogP contribution in [0.15, 0.2) is 59.5 Å². The number of benzene rings is 2. The molecule has 7 heteroatoms. The molecule has 1 atom stereocenters. The molecule has 0 radical (unpaired) electrons. The summed E-state index contributed by atoms with van der Waals surface area (Å²) in [5.74, 6) is 0.445. The summed E-state index contributed by atoms with van der Waals surface area (Å²) in [5.41, 5.74) is 1.09. The Hall–Kier alpha value is -2.38. The molecule has 1 saturated heterocycles. The first kappa shape index (κ1) is 21.3. The van der Waals surface area contributed by atoms with E-state index in [4.69, 9.17) is 4.74 Å². The second kappa shape index (κ2) is 9.41. The van der Waals surface area contributed by atoms with Gasteiger partial charge in [0, 0.05) is 19.0 Å². The average molecular weight is 417 g/mol. The van der Waals surface area contributed by atoms with Gasteiger partial charge in [-0.15, -0.1) is 0 Å². The molecule has 6 nitrogen and oxygen atoms in total. The molecule has 0 aromatic heterocycles. The molecular weight excluding hydrogens is 388 g/mol. The topological polar surface area (TPSA) is 75.7 Å². The summed E-state index contributed by atoms with van der Waals surface area (Å²) in [6.07, 6.45) is 1.85. The Labute approximate surface area is 172 Å². The first-order valence-corrected chi connectivity index (χ1v) is 11.4. The summed E-state index contributed by atoms with van der Waals surface area (Å²) in [7, 11) is -2.02. The van der Waals surface area contributed by atoms with E-state index in [-0.39, 0.29) is 22.8 Å². The van der Waals surface area contributed by atoms with Crippen molar-refractivity contribution >= 4 is 15.9 Å². The number of methoxy groups -OCH3 is 1. The Morgan fingerprint density at radius 1 is 1.10 bits per heavy atom. The molecule has 0 spiro atoms. The standard InChI is InChI=1S/C22H28N2O4S/c1-3-21(17-7-5-4-6-8-17)23-22(25)18-13-15-24(16-14-18)29(26,27)20-11-9-19(28-2)10-12-20/h4-12,18,21H,3,13-16H2,1-2H3,(H,23,25)/t21-/m0/s1. The predicted molar refractivity (Wildman–Crippen MR) is 112 cm³/mol. The SMILES string of the molecule is CC[C@H](NC(=O)C1CCN(S(=O)(=O)c2ccc(OC)cc2)CC1)c1ccccc1. The third-order valence-corrected chi connectivity index (χ3v) is 7.36. The van der Waals surface area contributed by atoms with Crippen LogP contribution in [0, 0.1) is 5.92 Å². The van der Waals surface area contributed by atoms with Gasteiger partial charge in [-0.25, -0.2) is 8.42 Å². The van der Waals surface area contributed by atoms with Gasteiger partial charge in [-0.3, -0.25) is 4.79 Å². The third-order valence-electron chi connectivity index (χ3n) is 5.45. The largest absolute Gasteiger partial charge is 0.497 e. The van der Waals surface area contributed by atoms with E-state index in [9.17, 15) is 13.2 Å². The second-order valence-electron chi connectivity index (χ2n) is 7.23. The van der Waals surface area contributed by atoms with Crippen molar-refractivity contribution < 1.29 is 17.9 Å². The van der Waals surface area contributed by atoms with E-state index in [0.717, 1.165) is 12.0 Å². The maximum Gasteiger partial charge on any atom is 0.243 e. The van der Waals surface area contributed by atoms with Gasteiger partial charge in [-0.2, -0.15) is 4.31 Å². The molecule has 29 heavy (non-hydrogen) atoms. The fraction of sp³-hybridized carbons (Fsp3) is 0.409. The summed E-state index contributed by atoms with van der Waals surface area (Å²) < 4.78 is 32.3. The van der Waals surface area contributed by atoms with Crippen LogP contribution < -0.4 is 10.1 Å². The number of carbonyl (C=O) groups is 1. The molecular formula is C22H28N2O4S. The van der Waals surface area contributed by atoms with Crippen molar-refractivity contribution in [2.24, 2.45) is 5.92 Å². The molecule has 1 N–H and O–H groups in total. The van der Waals surface area contributed by atoms with Crippen LogP contribution in [0.1, 0.15) is 37.8 Å². The van der Waals surface area contributed by atoms with Gasteiger partial charge in [0.1, 0.15) is 5.75 Å². The fourth-order valence-electron chi connectivity index (χ4n) is 3.65. The zero-order valence-corrected chi connectivity index (χ0v) is 17.7. The van der Waals surface area contributed by atoms with E-state index in [1.165, 1.54) is 4.31 Å². The van der Waals surface area contributed by atoms with Gasteiger partial charge in [0.25, 0.3) is 0 Å². The van der Waals surface area contributed by atoms with E-state index in [2.05, 4.69) is 5.32 Å². The van der Waals surface area contributed by atoms with Gasteiger partial charge in [-0.1, -0.05) is 37.3 Å². The Kier molecular flexibility index (Phi) is 6.92. The summed E-state index contributed by atoms with van der Waals surface area (Å²) in [5, 5.41) is 3.13. The lowest BCUT2D eigenvalue weighted by Gasteiger charge is -2.31. The van der Waals surface area contributed by atoms with Crippen LogP contribution in [0.3, 0.4) is 0 Å². The summed E-state index contributed by atoms with van der Waals surface area (Å²) in [6, 6.07) is 16.3. The van der Waals surface area contributed by atoms with Crippen LogP contribution in [0.4, 0.5) is 0 Å². The van der Waals surface area contributed by atoms with E-state index < -0.39 is 10.0 Å². The maximum atomic E-state index is 12.9. The van der Waals surface area contributed by atoms with Crippen molar-refractivity contribution in [2.45, 2.75) is 37.1 Å². The smallest absolute Gasteiger partial charge is 0.243 e. The minimum Gasteiger partial charge on any atom is -0.497 e. The molecule has 2 aromatic rings. The van der Waals surface area contributed by atoms with Crippen LogP contribution in [-0.4, -0.2) is 38.8 Å². The first-order chi connectivity index (χ1) is 14.0. The monoisotopic (exact) mass is 416 g/mol. The van der Waals surface area contributed by atoms with Crippen molar-refractivity contribution in [1.82, 2.24) is 9.62 Å². The van der Waals surface area contributed by atoms with Gasteiger partial charge >= 0.3 is 0 Å². The van der Waals surface area contributed by atoms with Gasteiger partial charge in [0.15, 0.2) is 0 Å². The summed E-state index contributed by atoms with van der Waals surface area (Å²) in [6.45, 7) is 2.73. The number of carbonyl (C=O) groups excluding carboxylic acids is 1. The number of nitrogens with one attached hydrogen (secondary N) is 1. The number of nitrogens with zero attached hydrogens (tertiary/aromatic N) is 1. The fourth-order valence-corrected chi connectivity index (χ4v) is 5.12. The van der Waals surface area contributed by atoms with Crippen molar-refractivity contribution in [3.63, 3.8) is 0 Å². The van der Waals surface area contributed by atoms with Crippen LogP contribution in [-0.2, 0) is 14.8 Å². The third kappa shape index (κ3) is 4.97. The van der Waals surface area contributed by atoms with Gasteiger partial charge in [0.05, 0.1) is 18.0 Å². The molecule has 0 aliphatic carbocycles. The molecule has 156 valence electrons. The summed E-state index contributed by atoms with van der Waals surface area (Å²) in [4.78, 5) is 13.0. The van der Waals surface area contributed by atoms with E-state index in [1.54, 1.807) is 31.4 Å². The average Bonchev–Trinajstić information content (AvgIpc) is 2.78. The highest BCUT2D eigenvalue weighted by Crippen LogP contribution is 2.26. The lowest BCUT2D eigenvalue weighted by Crippen LogP contribution is -2.43. The minimum atomic E-state index is -3.56. The number of hydrogen-bond acceptors (Lipinski definition) is 4. The van der Waals surface area contributed by atoms with E-state index in [0.29, 0.717) is 31.7 Å². The molecule has 1 aliphatic heterocycles. The lowest BCUT2D eigenvalue weighted by molar-refractivity contribution is -0.126. The predicted octanol–water partition coefficient (Wildman–Crippen LogP) is 3.36. The molecule has 0 bridgehead atoms. The highest BCUT2D eigenvalue weighted by Gasteiger charge is 2.32. The first-order valence-electron chi connectivity index (χ1n) is 9.95. The highest BCUT2D eigenvalue weighted by molar-refractivity contribution is 7.89. The molecule has 2 aromatic carbocycles. The lowest BCUT2D eigenvalue weighted by atomic mass is 9.96.